The molecule has 4 aromatic heterocycles. The molecule has 2 aliphatic rings. The number of hydrogen-bond donors (Lipinski definition) is 1. The van der Waals surface area contributed by atoms with Crippen LogP contribution in [0.1, 0.15) is 52.5 Å². The molecule has 0 bridgehead atoms. The molecule has 6 rings (SSSR count). The molecular weight excluding hydrogens is 532 g/mol. The average molecular weight is 565 g/mol. The fourth-order valence-electron chi connectivity index (χ4n) is 6.17. The van der Waals surface area contributed by atoms with Crippen molar-refractivity contribution in [1.82, 2.24) is 34.6 Å². The van der Waals surface area contributed by atoms with Gasteiger partial charge < -0.3 is 14.4 Å². The van der Waals surface area contributed by atoms with Crippen LogP contribution in [0.15, 0.2) is 33.8 Å². The molecule has 2 atom stereocenters. The highest BCUT2D eigenvalue weighted by Gasteiger charge is 2.35. The van der Waals surface area contributed by atoms with Crippen molar-refractivity contribution in [3.63, 3.8) is 0 Å². The normalized spacial score (nSPS) is 22.7. The number of aromatic amines is 1. The maximum Gasteiger partial charge on any atom is 0.439 e. The predicted octanol–water partition coefficient (Wildman–Crippen LogP) is 4.54. The molecule has 0 radical (unpaired) electrons. The largest absolute Gasteiger partial charge is 0.439 e. The van der Waals surface area contributed by atoms with Crippen molar-refractivity contribution in [2.45, 2.75) is 58.5 Å². The summed E-state index contributed by atoms with van der Waals surface area (Å²) in [7, 11) is 1.84. The second-order valence-electron chi connectivity index (χ2n) is 11.4. The molecule has 11 nitrogen and oxygen atoms in total. The lowest BCUT2D eigenvalue weighted by Gasteiger charge is -2.40. The van der Waals surface area contributed by atoms with Crippen LogP contribution in [0.5, 0.6) is 0 Å². The van der Waals surface area contributed by atoms with Crippen LogP contribution in [0.2, 0.25) is 5.02 Å². The van der Waals surface area contributed by atoms with Crippen LogP contribution in [0.3, 0.4) is 0 Å². The summed E-state index contributed by atoms with van der Waals surface area (Å²) in [6, 6.07) is 3.78. The minimum absolute atomic E-state index is 0.0501. The van der Waals surface area contributed by atoms with Crippen molar-refractivity contribution in [2.24, 2.45) is 11.8 Å². The highest BCUT2D eigenvalue weighted by Crippen LogP contribution is 2.42. The van der Waals surface area contributed by atoms with Gasteiger partial charge in [0.05, 0.1) is 21.7 Å². The second kappa shape index (κ2) is 10.3. The van der Waals surface area contributed by atoms with Gasteiger partial charge in [0.25, 0.3) is 0 Å². The lowest BCUT2D eigenvalue weighted by atomic mass is 9.79. The molecule has 1 saturated carbocycles. The molecule has 0 spiro atoms. The number of carbonyl (C=O) groups is 1. The first-order valence-corrected chi connectivity index (χ1v) is 14.2. The van der Waals surface area contributed by atoms with E-state index < -0.39 is 5.76 Å². The zero-order valence-electron chi connectivity index (χ0n) is 23.1. The van der Waals surface area contributed by atoms with Crippen molar-refractivity contribution >= 4 is 34.5 Å². The maximum absolute atomic E-state index is 12.9. The van der Waals surface area contributed by atoms with Gasteiger partial charge in [0.15, 0.2) is 0 Å². The van der Waals surface area contributed by atoms with E-state index in [1.54, 1.807) is 17.3 Å². The molecule has 1 unspecified atom stereocenters. The Kier molecular flexibility index (Phi) is 6.85. The van der Waals surface area contributed by atoms with Gasteiger partial charge in [-0.1, -0.05) is 36.5 Å². The zero-order chi connectivity index (χ0) is 28.1. The molecule has 1 aliphatic heterocycles. The van der Waals surface area contributed by atoms with E-state index in [9.17, 15) is 9.59 Å². The van der Waals surface area contributed by atoms with Gasteiger partial charge in [-0.05, 0) is 50.7 Å². The lowest BCUT2D eigenvalue weighted by molar-refractivity contribution is -0.130. The molecular formula is C28H33ClN8O3. The summed E-state index contributed by atoms with van der Waals surface area (Å²) >= 11 is 6.38. The number of aromatic nitrogens is 6. The molecule has 2 fully saturated rings. The van der Waals surface area contributed by atoms with E-state index in [4.69, 9.17) is 26.1 Å². The number of carbonyl (C=O) groups excluding carboxylic acids is 1. The van der Waals surface area contributed by atoms with Gasteiger partial charge >= 0.3 is 5.76 Å². The number of nitrogens with one attached hydrogen (secondary N) is 1. The van der Waals surface area contributed by atoms with Crippen LogP contribution in [0, 0.1) is 11.8 Å². The number of amides is 1. The standard InChI is InChI=1S/C28H33ClN8O3/c1-15-5-7-18(8-6-15)17(3)37-25-21(32-27(37)36-14-23(38)35(4)13-16(36)2)10-22(26-33-28(39)40-34-26)31-24(25)19-9-20(29)12-30-11-19/h9-12,15-18H,5-8,13-14H2,1-4H3,(H,33,34,39)/t15?,16-,17?,18?/m0/s1. The Morgan fingerprint density at radius 2 is 1.88 bits per heavy atom. The van der Waals surface area contributed by atoms with Crippen LogP contribution >= 0.6 is 11.6 Å². The number of fused-ring (bicyclic) bond motifs is 1. The summed E-state index contributed by atoms with van der Waals surface area (Å²) in [5.41, 5.74) is 3.25. The summed E-state index contributed by atoms with van der Waals surface area (Å²) < 4.78 is 7.04. The van der Waals surface area contributed by atoms with Crippen LogP contribution in [-0.2, 0) is 4.79 Å². The number of rotatable bonds is 5. The van der Waals surface area contributed by atoms with Crippen molar-refractivity contribution < 1.29 is 9.32 Å². The highest BCUT2D eigenvalue weighted by atomic mass is 35.5. The van der Waals surface area contributed by atoms with E-state index in [2.05, 4.69) is 45.4 Å². The third-order valence-corrected chi connectivity index (χ3v) is 8.73. The van der Waals surface area contributed by atoms with E-state index in [1.165, 1.54) is 12.8 Å². The number of anilines is 1. The number of imidazole rings is 1. The predicted molar refractivity (Wildman–Crippen MR) is 152 cm³/mol. The van der Waals surface area contributed by atoms with Gasteiger partial charge in [0.1, 0.15) is 12.2 Å². The summed E-state index contributed by atoms with van der Waals surface area (Å²) in [4.78, 5) is 45.5. The third kappa shape index (κ3) is 4.76. The minimum Gasteiger partial charge on any atom is -0.342 e. The molecule has 12 heteroatoms. The topological polar surface area (TPSA) is 126 Å². The number of H-pyrrole nitrogens is 1. The number of halogens is 1. The Morgan fingerprint density at radius 1 is 1.10 bits per heavy atom. The number of likely N-dealkylation sites (N-methyl/N-ethyl adjacent to an activating group) is 1. The Bertz CT molecular complexity index is 1620. The van der Waals surface area contributed by atoms with Crippen LogP contribution in [-0.4, -0.2) is 66.6 Å². The zero-order valence-corrected chi connectivity index (χ0v) is 23.9. The first-order chi connectivity index (χ1) is 19.2. The second-order valence-corrected chi connectivity index (χ2v) is 11.8. The van der Waals surface area contributed by atoms with Gasteiger partial charge in [-0.15, -0.1) is 0 Å². The SMILES string of the molecule is CC1CCC(C(C)n2c(N3CC(=O)N(C)C[C@@H]3C)nc3cc(-c4noc(=O)[nH]4)nc(-c4cncc(Cl)c4)c32)CC1. The Hall–Kier alpha value is -3.73. The summed E-state index contributed by atoms with van der Waals surface area (Å²) in [5.74, 6) is 1.49. The van der Waals surface area contributed by atoms with Gasteiger partial charge in [-0.3, -0.25) is 19.3 Å². The van der Waals surface area contributed by atoms with Crippen molar-refractivity contribution in [3.8, 4) is 22.8 Å². The molecule has 1 aliphatic carbocycles. The van der Waals surface area contributed by atoms with Crippen LogP contribution in [0.4, 0.5) is 5.95 Å². The Labute approximate surface area is 236 Å². The highest BCUT2D eigenvalue weighted by molar-refractivity contribution is 6.30. The first-order valence-electron chi connectivity index (χ1n) is 13.8. The van der Waals surface area contributed by atoms with E-state index >= 15 is 0 Å². The number of pyridine rings is 2. The molecule has 0 aromatic carbocycles. The average Bonchev–Trinajstić information content (AvgIpc) is 3.54. The first kappa shape index (κ1) is 26.5. The molecule has 1 N–H and O–H groups in total. The van der Waals surface area contributed by atoms with Gasteiger partial charge in [0, 0.05) is 43.6 Å². The Morgan fingerprint density at radius 3 is 2.58 bits per heavy atom. The van der Waals surface area contributed by atoms with Gasteiger partial charge in [-0.25, -0.2) is 14.8 Å². The molecule has 5 heterocycles. The fourth-order valence-corrected chi connectivity index (χ4v) is 6.34. The number of nitrogens with zero attached hydrogens (tertiary/aromatic N) is 7. The number of piperazine rings is 1. The molecule has 210 valence electrons. The van der Waals surface area contributed by atoms with Crippen LogP contribution in [0.25, 0.3) is 33.8 Å². The van der Waals surface area contributed by atoms with Gasteiger partial charge in [-0.2, -0.15) is 0 Å². The summed E-state index contributed by atoms with van der Waals surface area (Å²) in [6.07, 6.45) is 7.92. The molecule has 4 aromatic rings. The fraction of sp³-hybridized carbons (Fsp3) is 0.500. The summed E-state index contributed by atoms with van der Waals surface area (Å²) in [5, 5.41) is 4.35. The van der Waals surface area contributed by atoms with Crippen molar-refractivity contribution in [1.29, 1.82) is 0 Å². The van der Waals surface area contributed by atoms with Crippen molar-refractivity contribution in [2.75, 3.05) is 25.0 Å². The van der Waals surface area contributed by atoms with Crippen molar-refractivity contribution in [3.05, 3.63) is 40.1 Å². The monoisotopic (exact) mass is 564 g/mol. The minimum atomic E-state index is -0.668. The third-order valence-electron chi connectivity index (χ3n) is 8.52. The maximum atomic E-state index is 12.9. The summed E-state index contributed by atoms with van der Waals surface area (Å²) in [6.45, 7) is 7.52. The molecule has 1 saturated heterocycles. The molecule has 40 heavy (non-hydrogen) atoms. The van der Waals surface area contributed by atoms with E-state index in [0.717, 1.165) is 30.2 Å². The Balaban J connectivity index is 1.61. The lowest BCUT2D eigenvalue weighted by Crippen LogP contribution is -2.54. The number of hydrogen-bond acceptors (Lipinski definition) is 8. The van der Waals surface area contributed by atoms with E-state index in [0.29, 0.717) is 40.0 Å². The van der Waals surface area contributed by atoms with Crippen LogP contribution < -0.4 is 10.7 Å². The van der Waals surface area contributed by atoms with E-state index in [1.807, 2.05) is 19.2 Å². The smallest absolute Gasteiger partial charge is 0.342 e. The van der Waals surface area contributed by atoms with E-state index in [-0.39, 0.29) is 30.4 Å². The quantitative estimate of drug-likeness (QED) is 0.374. The molecule has 1 amide bonds. The van der Waals surface area contributed by atoms with Gasteiger partial charge in [0.2, 0.25) is 17.7 Å².